The topological polar surface area (TPSA) is 86.7 Å². The van der Waals surface area contributed by atoms with Gasteiger partial charge in [-0.15, -0.1) is 0 Å². The van der Waals surface area contributed by atoms with E-state index in [1.165, 1.54) is 34.6 Å². The quantitative estimate of drug-likeness (QED) is 0.740. The molecule has 3 rings (SSSR count). The van der Waals surface area contributed by atoms with Crippen molar-refractivity contribution in [1.29, 1.82) is 0 Å². The van der Waals surface area contributed by atoms with E-state index in [4.69, 9.17) is 0 Å². The van der Waals surface area contributed by atoms with Crippen LogP contribution in [0, 0.1) is 5.82 Å². The second kappa shape index (κ2) is 8.06. The predicted octanol–water partition coefficient (Wildman–Crippen LogP) is 2.89. The van der Waals surface area contributed by atoms with Crippen LogP contribution in [0.5, 0.6) is 5.75 Å². The van der Waals surface area contributed by atoms with Gasteiger partial charge in [0.2, 0.25) is 15.9 Å². The van der Waals surface area contributed by atoms with E-state index in [0.717, 1.165) is 12.8 Å². The number of hydrogen-bond donors (Lipinski definition) is 2. The highest BCUT2D eigenvalue weighted by molar-refractivity contribution is 7.89. The molecule has 1 saturated heterocycles. The van der Waals surface area contributed by atoms with E-state index in [1.807, 2.05) is 0 Å². The first-order chi connectivity index (χ1) is 12.9. The van der Waals surface area contributed by atoms with Gasteiger partial charge in [-0.05, 0) is 55.2 Å². The Morgan fingerprint density at radius 3 is 2.59 bits per heavy atom. The largest absolute Gasteiger partial charge is 0.506 e. The van der Waals surface area contributed by atoms with Gasteiger partial charge in [0.05, 0.1) is 10.6 Å². The molecule has 1 aliphatic heterocycles. The van der Waals surface area contributed by atoms with Crippen LogP contribution in [0.15, 0.2) is 47.4 Å². The van der Waals surface area contributed by atoms with Crippen molar-refractivity contribution < 1.29 is 22.7 Å². The van der Waals surface area contributed by atoms with Crippen molar-refractivity contribution in [1.82, 2.24) is 4.31 Å². The molecule has 1 fully saturated rings. The maximum absolute atomic E-state index is 13.2. The van der Waals surface area contributed by atoms with Gasteiger partial charge in [-0.25, -0.2) is 12.8 Å². The first-order valence-electron chi connectivity index (χ1n) is 8.74. The predicted molar refractivity (Wildman–Crippen MR) is 99.5 cm³/mol. The summed E-state index contributed by atoms with van der Waals surface area (Å²) in [5.74, 6) is -0.981. The minimum Gasteiger partial charge on any atom is -0.506 e. The molecule has 0 saturated carbocycles. The molecular formula is C19H21FN2O4S. The second-order valence-corrected chi connectivity index (χ2v) is 8.41. The summed E-state index contributed by atoms with van der Waals surface area (Å²) in [6.07, 6.45) is 2.05. The Labute approximate surface area is 157 Å². The standard InChI is InChI=1S/C19H21FN2O4S/c20-15-5-3-4-14(12-15)6-9-19(24)21-17-13-16(7-8-18(17)23)27(25,26)22-10-1-2-11-22/h3-5,7-8,12-13,23H,1-2,6,9-11H2,(H,21,24). The number of nitrogens with zero attached hydrogens (tertiary/aromatic N) is 1. The Bertz CT molecular complexity index is 940. The van der Waals surface area contributed by atoms with Gasteiger partial charge in [0.25, 0.3) is 0 Å². The number of phenolic OH excluding ortho intramolecular Hbond substituents is 1. The number of sulfonamides is 1. The number of amides is 1. The lowest BCUT2D eigenvalue weighted by Crippen LogP contribution is -2.28. The monoisotopic (exact) mass is 392 g/mol. The van der Waals surface area contributed by atoms with E-state index >= 15 is 0 Å². The summed E-state index contributed by atoms with van der Waals surface area (Å²) in [4.78, 5) is 12.2. The molecule has 1 heterocycles. The summed E-state index contributed by atoms with van der Waals surface area (Å²) in [5, 5.41) is 12.5. The van der Waals surface area contributed by atoms with E-state index in [0.29, 0.717) is 25.1 Å². The first-order valence-corrected chi connectivity index (χ1v) is 10.2. The third-order valence-corrected chi connectivity index (χ3v) is 6.37. The Kier molecular flexibility index (Phi) is 5.76. The van der Waals surface area contributed by atoms with Crippen LogP contribution in [0.25, 0.3) is 0 Å². The molecule has 2 aromatic rings. The molecule has 0 bridgehead atoms. The van der Waals surface area contributed by atoms with Crippen LogP contribution in [-0.4, -0.2) is 36.8 Å². The van der Waals surface area contributed by atoms with Crippen LogP contribution in [-0.2, 0) is 21.2 Å². The fourth-order valence-electron chi connectivity index (χ4n) is 3.02. The third kappa shape index (κ3) is 4.64. The molecule has 8 heteroatoms. The molecule has 0 unspecified atom stereocenters. The van der Waals surface area contributed by atoms with Crippen molar-refractivity contribution in [2.24, 2.45) is 0 Å². The van der Waals surface area contributed by atoms with Crippen LogP contribution in [0.2, 0.25) is 0 Å². The summed E-state index contributed by atoms with van der Waals surface area (Å²) in [5.41, 5.74) is 0.722. The lowest BCUT2D eigenvalue weighted by Gasteiger charge is -2.16. The summed E-state index contributed by atoms with van der Waals surface area (Å²) < 4.78 is 39.8. The van der Waals surface area contributed by atoms with Crippen LogP contribution in [0.1, 0.15) is 24.8 Å². The average molecular weight is 392 g/mol. The van der Waals surface area contributed by atoms with Gasteiger partial charge >= 0.3 is 0 Å². The Hall–Kier alpha value is -2.45. The number of carbonyl (C=O) groups excluding carboxylic acids is 1. The molecule has 144 valence electrons. The van der Waals surface area contributed by atoms with Crippen LogP contribution >= 0.6 is 0 Å². The van der Waals surface area contributed by atoms with Crippen molar-refractivity contribution in [3.63, 3.8) is 0 Å². The molecule has 0 aromatic heterocycles. The number of carbonyl (C=O) groups is 1. The zero-order valence-corrected chi connectivity index (χ0v) is 15.5. The van der Waals surface area contributed by atoms with Crippen molar-refractivity contribution >= 4 is 21.6 Å². The van der Waals surface area contributed by atoms with E-state index in [9.17, 15) is 22.7 Å². The normalized spacial score (nSPS) is 15.0. The third-order valence-electron chi connectivity index (χ3n) is 4.47. The van der Waals surface area contributed by atoms with E-state index in [1.54, 1.807) is 12.1 Å². The minimum atomic E-state index is -3.64. The van der Waals surface area contributed by atoms with Crippen molar-refractivity contribution in [3.05, 3.63) is 53.8 Å². The van der Waals surface area contributed by atoms with Crippen LogP contribution in [0.4, 0.5) is 10.1 Å². The van der Waals surface area contributed by atoms with Gasteiger partial charge in [0.15, 0.2) is 0 Å². The molecule has 2 N–H and O–H groups in total. The van der Waals surface area contributed by atoms with Gasteiger partial charge in [0, 0.05) is 19.5 Å². The van der Waals surface area contributed by atoms with Gasteiger partial charge < -0.3 is 10.4 Å². The highest BCUT2D eigenvalue weighted by Crippen LogP contribution is 2.29. The summed E-state index contributed by atoms with van der Waals surface area (Å²) >= 11 is 0. The molecule has 1 amide bonds. The smallest absolute Gasteiger partial charge is 0.243 e. The summed E-state index contributed by atoms with van der Waals surface area (Å²) in [6.45, 7) is 0.942. The van der Waals surface area contributed by atoms with Gasteiger partial charge in [-0.1, -0.05) is 12.1 Å². The number of anilines is 1. The SMILES string of the molecule is O=C(CCc1cccc(F)c1)Nc1cc(S(=O)(=O)N2CCCC2)ccc1O. The number of nitrogens with one attached hydrogen (secondary N) is 1. The zero-order valence-electron chi connectivity index (χ0n) is 14.7. The number of hydrogen-bond acceptors (Lipinski definition) is 4. The van der Waals surface area contributed by atoms with Gasteiger partial charge in [-0.3, -0.25) is 4.79 Å². The molecule has 2 aromatic carbocycles. The molecule has 27 heavy (non-hydrogen) atoms. The minimum absolute atomic E-state index is 0.0302. The number of benzene rings is 2. The second-order valence-electron chi connectivity index (χ2n) is 6.47. The number of halogens is 1. The van der Waals surface area contributed by atoms with E-state index in [2.05, 4.69) is 5.32 Å². The molecular weight excluding hydrogens is 371 g/mol. The number of aryl methyl sites for hydroxylation is 1. The molecule has 0 atom stereocenters. The number of phenols is 1. The van der Waals surface area contributed by atoms with Crippen molar-refractivity contribution in [2.45, 2.75) is 30.6 Å². The van der Waals surface area contributed by atoms with Crippen LogP contribution in [0.3, 0.4) is 0 Å². The van der Waals surface area contributed by atoms with Crippen molar-refractivity contribution in [3.8, 4) is 5.75 Å². The van der Waals surface area contributed by atoms with Gasteiger partial charge in [0.1, 0.15) is 11.6 Å². The average Bonchev–Trinajstić information content (AvgIpc) is 3.17. The lowest BCUT2D eigenvalue weighted by molar-refractivity contribution is -0.116. The lowest BCUT2D eigenvalue weighted by atomic mass is 10.1. The molecule has 6 nitrogen and oxygen atoms in total. The Morgan fingerprint density at radius 2 is 1.89 bits per heavy atom. The fraction of sp³-hybridized carbons (Fsp3) is 0.316. The zero-order chi connectivity index (χ0) is 19.4. The highest BCUT2D eigenvalue weighted by Gasteiger charge is 2.27. The number of rotatable bonds is 6. The first kappa shape index (κ1) is 19.3. The maximum Gasteiger partial charge on any atom is 0.243 e. The number of aromatic hydroxyl groups is 1. The fourth-order valence-corrected chi connectivity index (χ4v) is 4.56. The molecule has 1 aliphatic rings. The van der Waals surface area contributed by atoms with E-state index < -0.39 is 15.9 Å². The highest BCUT2D eigenvalue weighted by atomic mass is 32.2. The Balaban J connectivity index is 1.70. The molecule has 0 spiro atoms. The molecule has 0 radical (unpaired) electrons. The maximum atomic E-state index is 13.2. The summed E-state index contributed by atoms with van der Waals surface area (Å²) in [7, 11) is -3.64. The molecule has 0 aliphatic carbocycles. The Morgan fingerprint density at radius 1 is 1.15 bits per heavy atom. The van der Waals surface area contributed by atoms with Crippen molar-refractivity contribution in [2.75, 3.05) is 18.4 Å². The van der Waals surface area contributed by atoms with Crippen LogP contribution < -0.4 is 5.32 Å². The van der Waals surface area contributed by atoms with Gasteiger partial charge in [-0.2, -0.15) is 4.31 Å². The van der Waals surface area contributed by atoms with E-state index in [-0.39, 0.29) is 28.6 Å². The summed E-state index contributed by atoms with van der Waals surface area (Å²) in [6, 6.07) is 9.82.